The first-order valence-electron chi connectivity index (χ1n) is 11.5. The number of methoxy groups -OCH3 is 2. The predicted octanol–water partition coefficient (Wildman–Crippen LogP) is 5.27. The van der Waals surface area contributed by atoms with Crippen LogP contribution in [0.3, 0.4) is 0 Å². The molecule has 4 aromatic rings. The Hall–Kier alpha value is -3.78. The molecule has 8 heteroatoms. The van der Waals surface area contributed by atoms with Crippen LogP contribution in [0.15, 0.2) is 60.7 Å². The standard InChI is InChI=1S/C27H27N3O4S/c1-33-24-11-16(12-25(34-2)26(24)32)10-18-14-22(18)30(19-6-4-3-5-7-19)15-23(31)17-8-9-20-21(13-17)29-27(35)28-20/h3-9,11-13,18,22,32H,10,14-15H2,1-2H3,(H2,28,29,35). The van der Waals surface area contributed by atoms with Crippen LogP contribution < -0.4 is 14.4 Å². The van der Waals surface area contributed by atoms with E-state index in [1.165, 1.54) is 14.2 Å². The number of hydrogen-bond acceptors (Lipinski definition) is 6. The zero-order valence-electron chi connectivity index (χ0n) is 19.6. The van der Waals surface area contributed by atoms with Crippen LogP contribution in [0.1, 0.15) is 22.3 Å². The fraction of sp³-hybridized carbons (Fsp3) is 0.259. The second kappa shape index (κ2) is 9.46. The largest absolute Gasteiger partial charge is 0.502 e. The number of phenolic OH excluding ortho intramolecular Hbond substituents is 1. The lowest BCUT2D eigenvalue weighted by atomic mass is 10.1. The first kappa shape index (κ1) is 23.0. The summed E-state index contributed by atoms with van der Waals surface area (Å²) in [5.41, 5.74) is 4.40. The van der Waals surface area contributed by atoms with Crippen molar-refractivity contribution < 1.29 is 19.4 Å². The van der Waals surface area contributed by atoms with Gasteiger partial charge in [0.2, 0.25) is 5.75 Å². The molecule has 2 atom stereocenters. The number of benzene rings is 3. The number of rotatable bonds is 9. The number of para-hydroxylation sites is 1. The predicted molar refractivity (Wildman–Crippen MR) is 138 cm³/mol. The highest BCUT2D eigenvalue weighted by Gasteiger charge is 2.42. The first-order chi connectivity index (χ1) is 17.0. The maximum Gasteiger partial charge on any atom is 0.200 e. The number of phenols is 1. The number of ketones is 1. The van der Waals surface area contributed by atoms with Gasteiger partial charge in [-0.1, -0.05) is 18.2 Å². The van der Waals surface area contributed by atoms with E-state index in [4.69, 9.17) is 21.7 Å². The minimum absolute atomic E-state index is 0.00223. The number of fused-ring (bicyclic) bond motifs is 1. The molecule has 1 fully saturated rings. The number of nitrogens with zero attached hydrogens (tertiary/aromatic N) is 1. The molecule has 0 bridgehead atoms. The van der Waals surface area contributed by atoms with Crippen LogP contribution in [0.2, 0.25) is 0 Å². The van der Waals surface area contributed by atoms with E-state index in [-0.39, 0.29) is 24.1 Å². The van der Waals surface area contributed by atoms with Crippen molar-refractivity contribution in [3.05, 3.63) is 76.6 Å². The van der Waals surface area contributed by atoms with E-state index in [0.29, 0.717) is 27.8 Å². The van der Waals surface area contributed by atoms with Crippen LogP contribution in [-0.2, 0) is 6.42 Å². The van der Waals surface area contributed by atoms with E-state index in [1.54, 1.807) is 0 Å². The van der Waals surface area contributed by atoms with Crippen LogP contribution in [0.5, 0.6) is 17.2 Å². The van der Waals surface area contributed by atoms with Crippen molar-refractivity contribution in [1.29, 1.82) is 0 Å². The van der Waals surface area contributed by atoms with Gasteiger partial charge in [0.1, 0.15) is 0 Å². The van der Waals surface area contributed by atoms with E-state index in [1.807, 2.05) is 60.7 Å². The van der Waals surface area contributed by atoms with E-state index >= 15 is 0 Å². The Balaban J connectivity index is 1.37. The molecule has 7 nitrogen and oxygen atoms in total. The molecule has 5 rings (SSSR count). The molecule has 1 aromatic heterocycles. The van der Waals surface area contributed by atoms with Gasteiger partial charge >= 0.3 is 0 Å². The second-order valence-corrected chi connectivity index (χ2v) is 9.25. The second-order valence-electron chi connectivity index (χ2n) is 8.84. The number of aromatic nitrogens is 2. The van der Waals surface area contributed by atoms with E-state index in [9.17, 15) is 9.90 Å². The van der Waals surface area contributed by atoms with Gasteiger partial charge in [0.25, 0.3) is 0 Å². The Bertz CT molecular complexity index is 1400. The first-order valence-corrected chi connectivity index (χ1v) is 11.9. The summed E-state index contributed by atoms with van der Waals surface area (Å²) < 4.78 is 11.2. The van der Waals surface area contributed by atoms with Crippen LogP contribution >= 0.6 is 12.2 Å². The van der Waals surface area contributed by atoms with Crippen molar-refractivity contribution in [3.8, 4) is 17.2 Å². The minimum Gasteiger partial charge on any atom is -0.502 e. The summed E-state index contributed by atoms with van der Waals surface area (Å²) in [7, 11) is 3.05. The normalized spacial score (nSPS) is 16.7. The van der Waals surface area contributed by atoms with Crippen molar-refractivity contribution in [2.24, 2.45) is 5.92 Å². The molecule has 0 saturated heterocycles. The van der Waals surface area contributed by atoms with Crippen molar-refractivity contribution in [1.82, 2.24) is 9.97 Å². The monoisotopic (exact) mass is 489 g/mol. The van der Waals surface area contributed by atoms with E-state index in [0.717, 1.165) is 35.1 Å². The fourth-order valence-electron chi connectivity index (χ4n) is 4.67. The van der Waals surface area contributed by atoms with Crippen molar-refractivity contribution in [2.75, 3.05) is 25.7 Å². The minimum atomic E-state index is 0.00223. The number of nitrogens with one attached hydrogen (secondary N) is 2. The van der Waals surface area contributed by atoms with Gasteiger partial charge in [0, 0.05) is 17.3 Å². The Morgan fingerprint density at radius 1 is 1.03 bits per heavy atom. The van der Waals surface area contributed by atoms with Gasteiger partial charge in [0.05, 0.1) is 31.8 Å². The van der Waals surface area contributed by atoms with Gasteiger partial charge in [0.15, 0.2) is 22.1 Å². The molecule has 1 aliphatic carbocycles. The molecule has 1 heterocycles. The summed E-state index contributed by atoms with van der Waals surface area (Å²) >= 11 is 5.17. The molecular formula is C27H27N3O4S. The molecule has 3 N–H and O–H groups in total. The number of carbonyl (C=O) groups excluding carboxylic acids is 1. The van der Waals surface area contributed by atoms with E-state index in [2.05, 4.69) is 14.9 Å². The molecular weight excluding hydrogens is 462 g/mol. The van der Waals surface area contributed by atoms with Crippen LogP contribution in [0.4, 0.5) is 5.69 Å². The number of aromatic hydroxyl groups is 1. The molecule has 180 valence electrons. The van der Waals surface area contributed by atoms with Gasteiger partial charge in [-0.15, -0.1) is 0 Å². The van der Waals surface area contributed by atoms with Crippen molar-refractivity contribution in [2.45, 2.75) is 18.9 Å². The lowest BCUT2D eigenvalue weighted by Gasteiger charge is -2.25. The molecule has 2 unspecified atom stereocenters. The molecule has 1 saturated carbocycles. The number of H-pyrrole nitrogens is 2. The zero-order chi connectivity index (χ0) is 24.5. The summed E-state index contributed by atoms with van der Waals surface area (Å²) in [6.45, 7) is 0.282. The highest BCUT2D eigenvalue weighted by molar-refractivity contribution is 7.71. The quantitative estimate of drug-likeness (QED) is 0.219. The molecule has 35 heavy (non-hydrogen) atoms. The van der Waals surface area contributed by atoms with Gasteiger partial charge in [-0.05, 0) is 79.0 Å². The van der Waals surface area contributed by atoms with Gasteiger partial charge in [-0.25, -0.2) is 0 Å². The Kier molecular flexibility index (Phi) is 6.21. The van der Waals surface area contributed by atoms with Gasteiger partial charge < -0.3 is 29.4 Å². The maximum atomic E-state index is 13.3. The Morgan fingerprint density at radius 3 is 2.40 bits per heavy atom. The van der Waals surface area contributed by atoms with Crippen LogP contribution in [0.25, 0.3) is 11.0 Å². The van der Waals surface area contributed by atoms with Gasteiger partial charge in [-0.2, -0.15) is 0 Å². The number of anilines is 1. The number of Topliss-reactive ketones (excluding diaryl/α,β-unsaturated/α-hetero) is 1. The number of ether oxygens (including phenoxy) is 2. The van der Waals surface area contributed by atoms with Crippen LogP contribution in [-0.4, -0.2) is 47.7 Å². The Labute approximate surface area is 208 Å². The highest BCUT2D eigenvalue weighted by Crippen LogP contribution is 2.43. The lowest BCUT2D eigenvalue weighted by molar-refractivity contribution is 0.0998. The third kappa shape index (κ3) is 4.74. The smallest absolute Gasteiger partial charge is 0.200 e. The Morgan fingerprint density at radius 2 is 1.71 bits per heavy atom. The third-order valence-electron chi connectivity index (χ3n) is 6.56. The van der Waals surface area contributed by atoms with Crippen LogP contribution in [0, 0.1) is 10.7 Å². The van der Waals surface area contributed by atoms with Crippen molar-refractivity contribution in [3.63, 3.8) is 0 Å². The number of imidazole rings is 1. The maximum absolute atomic E-state index is 13.3. The number of hydrogen-bond donors (Lipinski definition) is 3. The third-order valence-corrected chi connectivity index (χ3v) is 6.77. The summed E-state index contributed by atoms with van der Waals surface area (Å²) in [5, 5.41) is 10.2. The lowest BCUT2D eigenvalue weighted by Crippen LogP contribution is -2.33. The highest BCUT2D eigenvalue weighted by atomic mass is 32.1. The zero-order valence-corrected chi connectivity index (χ0v) is 20.4. The molecule has 0 radical (unpaired) electrons. The molecule has 0 aliphatic heterocycles. The number of aromatic amines is 2. The summed E-state index contributed by atoms with van der Waals surface area (Å²) in [4.78, 5) is 21.7. The summed E-state index contributed by atoms with van der Waals surface area (Å²) in [6, 6.07) is 19.6. The SMILES string of the molecule is COc1cc(CC2CC2N(CC(=O)c2ccc3[nH]c(=S)[nH]c3c2)c2ccccc2)cc(OC)c1O. The molecule has 1 aliphatic rings. The summed E-state index contributed by atoms with van der Waals surface area (Å²) in [5.74, 6) is 1.21. The average Bonchev–Trinajstić information content (AvgIpc) is 3.52. The fourth-order valence-corrected chi connectivity index (χ4v) is 4.89. The molecule has 0 amide bonds. The van der Waals surface area contributed by atoms with E-state index < -0.39 is 0 Å². The molecule has 3 aromatic carbocycles. The topological polar surface area (TPSA) is 90.6 Å². The van der Waals surface area contributed by atoms with Crippen molar-refractivity contribution >= 4 is 34.7 Å². The molecule has 0 spiro atoms. The van der Waals surface area contributed by atoms with Gasteiger partial charge in [-0.3, -0.25) is 4.79 Å². The summed E-state index contributed by atoms with van der Waals surface area (Å²) in [6.07, 6.45) is 1.76. The number of carbonyl (C=O) groups is 1. The average molecular weight is 490 g/mol.